The molecule has 1 N–H and O–H groups in total. The highest BCUT2D eigenvalue weighted by Crippen LogP contribution is 2.22. The first-order valence-electron chi connectivity index (χ1n) is 6.49. The Labute approximate surface area is 120 Å². The number of hydrogen-bond acceptors (Lipinski definition) is 4. The van der Waals surface area contributed by atoms with Crippen LogP contribution in [0.1, 0.15) is 17.3 Å². The van der Waals surface area contributed by atoms with E-state index in [1.807, 2.05) is 31.2 Å². The predicted octanol–water partition coefficient (Wildman–Crippen LogP) is 2.49. The second-order valence-electron chi connectivity index (χ2n) is 4.44. The number of ether oxygens (including phenoxy) is 1. The zero-order valence-electron chi connectivity index (χ0n) is 11.4. The maximum absolute atomic E-state index is 10.9. The fourth-order valence-corrected chi connectivity index (χ4v) is 2.02. The summed E-state index contributed by atoms with van der Waals surface area (Å²) in [6.07, 6.45) is 2.77. The van der Waals surface area contributed by atoms with E-state index in [2.05, 4.69) is 10.1 Å². The minimum Gasteiger partial charge on any atom is -0.494 e. The Morgan fingerprint density at radius 2 is 2.10 bits per heavy atom. The van der Waals surface area contributed by atoms with E-state index in [1.165, 1.54) is 16.9 Å². The molecule has 0 spiro atoms. The molecule has 0 fully saturated rings. The number of carboxylic acids is 1. The molecular weight excluding hydrogens is 270 g/mol. The first-order chi connectivity index (χ1) is 10.2. The van der Waals surface area contributed by atoms with E-state index in [-0.39, 0.29) is 5.56 Å². The van der Waals surface area contributed by atoms with Crippen molar-refractivity contribution in [3.05, 3.63) is 48.3 Å². The number of benzene rings is 1. The van der Waals surface area contributed by atoms with Crippen molar-refractivity contribution in [1.29, 1.82) is 0 Å². The van der Waals surface area contributed by atoms with Gasteiger partial charge in [0.15, 0.2) is 5.65 Å². The summed E-state index contributed by atoms with van der Waals surface area (Å²) in [5.74, 6) is -0.223. The van der Waals surface area contributed by atoms with E-state index in [0.717, 1.165) is 17.0 Å². The van der Waals surface area contributed by atoms with E-state index >= 15 is 0 Å². The number of carbonyl (C=O) groups is 1. The fourth-order valence-electron chi connectivity index (χ4n) is 2.02. The normalized spacial score (nSPS) is 10.7. The molecule has 0 bridgehead atoms. The van der Waals surface area contributed by atoms with E-state index in [1.54, 1.807) is 6.07 Å². The quantitative estimate of drug-likeness (QED) is 0.796. The van der Waals surface area contributed by atoms with Crippen molar-refractivity contribution in [3.63, 3.8) is 0 Å². The predicted molar refractivity (Wildman–Crippen MR) is 76.6 cm³/mol. The minimum absolute atomic E-state index is 0.101. The lowest BCUT2D eigenvalue weighted by atomic mass is 10.1. The van der Waals surface area contributed by atoms with Gasteiger partial charge in [0.25, 0.3) is 0 Å². The van der Waals surface area contributed by atoms with Crippen molar-refractivity contribution in [2.75, 3.05) is 6.61 Å². The second-order valence-corrected chi connectivity index (χ2v) is 4.44. The first kappa shape index (κ1) is 13.1. The van der Waals surface area contributed by atoms with Crippen LogP contribution < -0.4 is 4.74 Å². The van der Waals surface area contributed by atoms with Gasteiger partial charge in [0.1, 0.15) is 5.75 Å². The van der Waals surface area contributed by atoms with E-state index in [4.69, 9.17) is 9.84 Å². The molecule has 0 saturated heterocycles. The van der Waals surface area contributed by atoms with Gasteiger partial charge in [0, 0.05) is 24.0 Å². The summed E-state index contributed by atoms with van der Waals surface area (Å²) >= 11 is 0. The number of fused-ring (bicyclic) bond motifs is 1. The Morgan fingerprint density at radius 1 is 1.33 bits per heavy atom. The number of aromatic carboxylic acids is 1. The van der Waals surface area contributed by atoms with Crippen LogP contribution in [0.3, 0.4) is 0 Å². The largest absolute Gasteiger partial charge is 0.494 e. The summed E-state index contributed by atoms with van der Waals surface area (Å²) in [7, 11) is 0. The van der Waals surface area contributed by atoms with Gasteiger partial charge in [-0.3, -0.25) is 0 Å². The monoisotopic (exact) mass is 283 g/mol. The highest BCUT2D eigenvalue weighted by atomic mass is 16.5. The molecule has 0 saturated carbocycles. The fraction of sp³-hybridized carbons (Fsp3) is 0.133. The van der Waals surface area contributed by atoms with Gasteiger partial charge in [0.2, 0.25) is 0 Å². The lowest BCUT2D eigenvalue weighted by Crippen LogP contribution is -2.00. The molecule has 0 aliphatic rings. The Bertz CT molecular complexity index is 794. The highest BCUT2D eigenvalue weighted by molar-refractivity contribution is 5.87. The van der Waals surface area contributed by atoms with Crippen LogP contribution >= 0.6 is 0 Å². The topological polar surface area (TPSA) is 76.7 Å². The molecule has 1 aromatic carbocycles. The van der Waals surface area contributed by atoms with Crippen LogP contribution in [0.25, 0.3) is 16.9 Å². The molecule has 0 unspecified atom stereocenters. The average molecular weight is 283 g/mol. The minimum atomic E-state index is -1.03. The molecule has 106 valence electrons. The Morgan fingerprint density at radius 3 is 2.76 bits per heavy atom. The van der Waals surface area contributed by atoms with Crippen molar-refractivity contribution in [2.45, 2.75) is 6.92 Å². The number of carboxylic acid groups (broad SMARTS) is 1. The molecule has 2 aromatic heterocycles. The lowest BCUT2D eigenvalue weighted by Gasteiger charge is -2.02. The molecule has 0 radical (unpaired) electrons. The van der Waals surface area contributed by atoms with Crippen LogP contribution in [0.2, 0.25) is 0 Å². The van der Waals surface area contributed by atoms with Gasteiger partial charge < -0.3 is 9.84 Å². The summed E-state index contributed by atoms with van der Waals surface area (Å²) < 4.78 is 6.86. The van der Waals surface area contributed by atoms with Crippen LogP contribution in [-0.4, -0.2) is 32.3 Å². The third kappa shape index (κ3) is 2.55. The summed E-state index contributed by atoms with van der Waals surface area (Å²) in [5.41, 5.74) is 2.35. The second kappa shape index (κ2) is 5.24. The zero-order valence-corrected chi connectivity index (χ0v) is 11.4. The summed E-state index contributed by atoms with van der Waals surface area (Å²) in [4.78, 5) is 15.0. The van der Waals surface area contributed by atoms with Gasteiger partial charge in [-0.15, -0.1) is 0 Å². The van der Waals surface area contributed by atoms with Gasteiger partial charge >= 0.3 is 5.97 Å². The van der Waals surface area contributed by atoms with Gasteiger partial charge in [-0.25, -0.2) is 14.3 Å². The van der Waals surface area contributed by atoms with Gasteiger partial charge in [-0.05, 0) is 31.2 Å². The summed E-state index contributed by atoms with van der Waals surface area (Å²) in [6.45, 7) is 2.55. The van der Waals surface area contributed by atoms with Crippen molar-refractivity contribution in [2.24, 2.45) is 0 Å². The number of nitrogens with zero attached hydrogens (tertiary/aromatic N) is 3. The molecule has 0 atom stereocenters. The third-order valence-electron chi connectivity index (χ3n) is 3.02. The molecule has 2 heterocycles. The Balaban J connectivity index is 1.98. The van der Waals surface area contributed by atoms with Crippen LogP contribution in [0.15, 0.2) is 42.7 Å². The molecule has 0 aliphatic carbocycles. The number of hydrogen-bond donors (Lipinski definition) is 1. The molecule has 0 amide bonds. The number of rotatable bonds is 4. The van der Waals surface area contributed by atoms with E-state index < -0.39 is 5.97 Å². The van der Waals surface area contributed by atoms with Crippen molar-refractivity contribution >= 4 is 11.6 Å². The Kier molecular flexibility index (Phi) is 3.27. The molecular formula is C15H13N3O3. The van der Waals surface area contributed by atoms with Crippen molar-refractivity contribution in [1.82, 2.24) is 14.6 Å². The molecule has 0 aliphatic heterocycles. The molecule has 3 rings (SSSR count). The van der Waals surface area contributed by atoms with E-state index in [9.17, 15) is 4.79 Å². The third-order valence-corrected chi connectivity index (χ3v) is 3.02. The summed E-state index contributed by atoms with van der Waals surface area (Å²) in [6, 6.07) is 9.37. The molecule has 3 aromatic rings. The first-order valence-corrected chi connectivity index (χ1v) is 6.49. The highest BCUT2D eigenvalue weighted by Gasteiger charge is 2.09. The van der Waals surface area contributed by atoms with Gasteiger partial charge in [-0.2, -0.15) is 5.10 Å². The Hall–Kier alpha value is -2.89. The number of aromatic nitrogens is 3. The standard InChI is InChI=1S/C15H13N3O3/c1-2-21-12-5-3-10(4-6-12)13-7-14-16-8-11(15(19)20)9-18(14)17-13/h3-9H,2H2,1H3,(H,19,20). The van der Waals surface area contributed by atoms with E-state index in [0.29, 0.717) is 12.3 Å². The zero-order chi connectivity index (χ0) is 14.8. The average Bonchev–Trinajstić information content (AvgIpc) is 2.91. The maximum atomic E-state index is 10.9. The van der Waals surface area contributed by atoms with Crippen LogP contribution in [-0.2, 0) is 0 Å². The van der Waals surface area contributed by atoms with Crippen LogP contribution in [0.5, 0.6) is 5.75 Å². The van der Waals surface area contributed by atoms with Crippen LogP contribution in [0.4, 0.5) is 0 Å². The van der Waals surface area contributed by atoms with Crippen molar-refractivity contribution < 1.29 is 14.6 Å². The molecule has 6 heteroatoms. The van der Waals surface area contributed by atoms with Crippen molar-refractivity contribution in [3.8, 4) is 17.0 Å². The molecule has 21 heavy (non-hydrogen) atoms. The lowest BCUT2D eigenvalue weighted by molar-refractivity contribution is 0.0695. The maximum Gasteiger partial charge on any atom is 0.338 e. The summed E-state index contributed by atoms with van der Waals surface area (Å²) in [5, 5.41) is 13.3. The van der Waals surface area contributed by atoms with Gasteiger partial charge in [-0.1, -0.05) is 0 Å². The van der Waals surface area contributed by atoms with Gasteiger partial charge in [0.05, 0.1) is 17.9 Å². The van der Waals surface area contributed by atoms with Crippen LogP contribution in [0, 0.1) is 0 Å². The molecule has 6 nitrogen and oxygen atoms in total. The smallest absolute Gasteiger partial charge is 0.338 e. The SMILES string of the molecule is CCOc1ccc(-c2cc3ncc(C(=O)O)cn3n2)cc1.